The molecule has 8 heteroatoms. The van der Waals surface area contributed by atoms with Crippen LogP contribution in [0.2, 0.25) is 0 Å². The molecule has 2 aliphatic rings. The lowest BCUT2D eigenvalue weighted by atomic mass is 9.78. The Bertz CT molecular complexity index is 925. The number of hydrogen-bond acceptors (Lipinski definition) is 8. The molecule has 0 spiro atoms. The van der Waals surface area contributed by atoms with E-state index in [4.69, 9.17) is 0 Å². The molecule has 0 bridgehead atoms. The number of nitrogens with one attached hydrogen (secondary N) is 1. The van der Waals surface area contributed by atoms with Crippen LogP contribution in [0, 0.1) is 0 Å². The standard InChI is InChI=1S/C18H20N6OS/c25-13-1-3-24(8-13)16-7-15(19-9-20-16)11-5-12(6-11)23-17-14-2-4-26-18(14)22-10-21-17/h2,4,7,9-13,25H,1,3,5-6,8H2,(H,21,22,23). The summed E-state index contributed by atoms with van der Waals surface area (Å²) in [5.41, 5.74) is 1.10. The molecular weight excluding hydrogens is 348 g/mol. The molecule has 26 heavy (non-hydrogen) atoms. The first-order valence-electron chi connectivity index (χ1n) is 8.96. The summed E-state index contributed by atoms with van der Waals surface area (Å²) in [4.78, 5) is 20.7. The quantitative estimate of drug-likeness (QED) is 0.731. The van der Waals surface area contributed by atoms with Crippen LogP contribution in [0.4, 0.5) is 11.6 Å². The molecule has 1 atom stereocenters. The zero-order valence-corrected chi connectivity index (χ0v) is 15.1. The van der Waals surface area contributed by atoms with Gasteiger partial charge in [0.1, 0.15) is 29.1 Å². The van der Waals surface area contributed by atoms with Crippen molar-refractivity contribution in [2.24, 2.45) is 0 Å². The van der Waals surface area contributed by atoms with E-state index in [1.165, 1.54) is 0 Å². The minimum Gasteiger partial charge on any atom is -0.391 e. The fraction of sp³-hybridized carbons (Fsp3) is 0.444. The van der Waals surface area contributed by atoms with Crippen LogP contribution >= 0.6 is 11.3 Å². The molecule has 134 valence electrons. The van der Waals surface area contributed by atoms with E-state index in [0.29, 0.717) is 18.5 Å². The first kappa shape index (κ1) is 15.9. The molecule has 3 aromatic heterocycles. The lowest BCUT2D eigenvalue weighted by molar-refractivity contribution is 0.198. The minimum atomic E-state index is -0.243. The van der Waals surface area contributed by atoms with E-state index in [0.717, 1.165) is 53.4 Å². The zero-order chi connectivity index (χ0) is 17.5. The SMILES string of the molecule is OC1CCN(c2cc(C3CC(Nc4ncnc5sccc45)C3)ncn2)C1. The van der Waals surface area contributed by atoms with Crippen LogP contribution in [0.25, 0.3) is 10.2 Å². The predicted molar refractivity (Wildman–Crippen MR) is 102 cm³/mol. The summed E-state index contributed by atoms with van der Waals surface area (Å²) >= 11 is 1.63. The fourth-order valence-corrected chi connectivity index (χ4v) is 4.52. The van der Waals surface area contributed by atoms with Gasteiger partial charge in [0.25, 0.3) is 0 Å². The van der Waals surface area contributed by atoms with E-state index in [1.807, 2.05) is 5.38 Å². The Morgan fingerprint density at radius 2 is 2.04 bits per heavy atom. The molecule has 2 N–H and O–H groups in total. The van der Waals surface area contributed by atoms with Crippen LogP contribution in [0.1, 0.15) is 30.9 Å². The molecule has 1 unspecified atom stereocenters. The normalized spacial score (nSPS) is 25.4. The number of anilines is 2. The van der Waals surface area contributed by atoms with Gasteiger partial charge in [-0.25, -0.2) is 19.9 Å². The van der Waals surface area contributed by atoms with Crippen LogP contribution in [0.3, 0.4) is 0 Å². The smallest absolute Gasteiger partial charge is 0.138 e. The van der Waals surface area contributed by atoms with Crippen LogP contribution in [-0.4, -0.2) is 50.3 Å². The zero-order valence-electron chi connectivity index (χ0n) is 14.2. The largest absolute Gasteiger partial charge is 0.391 e. The van der Waals surface area contributed by atoms with Gasteiger partial charge >= 0.3 is 0 Å². The van der Waals surface area contributed by atoms with Gasteiger partial charge < -0.3 is 15.3 Å². The maximum Gasteiger partial charge on any atom is 0.138 e. The summed E-state index contributed by atoms with van der Waals surface area (Å²) in [7, 11) is 0. The van der Waals surface area contributed by atoms with Gasteiger partial charge in [-0.2, -0.15) is 0 Å². The highest BCUT2D eigenvalue weighted by Gasteiger charge is 2.32. The van der Waals surface area contributed by atoms with E-state index < -0.39 is 0 Å². The van der Waals surface area contributed by atoms with Crippen molar-refractivity contribution in [2.45, 2.75) is 37.3 Å². The lowest BCUT2D eigenvalue weighted by Gasteiger charge is -2.36. The third-order valence-electron chi connectivity index (χ3n) is 5.32. The Hall–Kier alpha value is -2.32. The number of aromatic nitrogens is 4. The van der Waals surface area contributed by atoms with Gasteiger partial charge in [0.15, 0.2) is 0 Å². The number of aliphatic hydroxyl groups is 1. The highest BCUT2D eigenvalue weighted by Crippen LogP contribution is 2.39. The summed E-state index contributed by atoms with van der Waals surface area (Å²) in [6.07, 6.45) is 5.91. The summed E-state index contributed by atoms with van der Waals surface area (Å²) in [5, 5.41) is 16.4. The maximum absolute atomic E-state index is 9.73. The van der Waals surface area contributed by atoms with E-state index in [-0.39, 0.29) is 6.10 Å². The summed E-state index contributed by atoms with van der Waals surface area (Å²) in [6, 6.07) is 4.56. The lowest BCUT2D eigenvalue weighted by Crippen LogP contribution is -2.35. The number of hydrogen-bond donors (Lipinski definition) is 2. The van der Waals surface area contributed by atoms with Crippen LogP contribution in [-0.2, 0) is 0 Å². The maximum atomic E-state index is 9.73. The number of thiophene rings is 1. The van der Waals surface area contributed by atoms with Crippen molar-refractivity contribution >= 4 is 33.2 Å². The third-order valence-corrected chi connectivity index (χ3v) is 6.14. The molecule has 1 aliphatic heterocycles. The average molecular weight is 368 g/mol. The Kier molecular flexibility index (Phi) is 3.94. The van der Waals surface area contributed by atoms with Crippen LogP contribution in [0.15, 0.2) is 30.2 Å². The Balaban J connectivity index is 1.25. The second-order valence-electron chi connectivity index (χ2n) is 7.06. The van der Waals surface area contributed by atoms with Crippen molar-refractivity contribution in [1.82, 2.24) is 19.9 Å². The summed E-state index contributed by atoms with van der Waals surface area (Å²) in [6.45, 7) is 1.52. The predicted octanol–water partition coefficient (Wildman–Crippen LogP) is 2.41. The van der Waals surface area contributed by atoms with Crippen molar-refractivity contribution in [3.05, 3.63) is 35.9 Å². The molecule has 0 radical (unpaired) electrons. The second-order valence-corrected chi connectivity index (χ2v) is 7.96. The van der Waals surface area contributed by atoms with Crippen molar-refractivity contribution in [3.8, 4) is 0 Å². The summed E-state index contributed by atoms with van der Waals surface area (Å²) < 4.78 is 0. The Labute approximate surface area is 155 Å². The fourth-order valence-electron chi connectivity index (χ4n) is 3.78. The van der Waals surface area contributed by atoms with Gasteiger partial charge in [-0.3, -0.25) is 0 Å². The Morgan fingerprint density at radius 3 is 2.88 bits per heavy atom. The topological polar surface area (TPSA) is 87.1 Å². The molecule has 2 fully saturated rings. The molecule has 1 saturated carbocycles. The van der Waals surface area contributed by atoms with Gasteiger partial charge in [-0.1, -0.05) is 0 Å². The molecule has 7 nitrogen and oxygen atoms in total. The van der Waals surface area contributed by atoms with Gasteiger partial charge in [0.05, 0.1) is 11.5 Å². The molecule has 1 aliphatic carbocycles. The van der Waals surface area contributed by atoms with E-state index in [9.17, 15) is 5.11 Å². The van der Waals surface area contributed by atoms with Crippen LogP contribution in [0.5, 0.6) is 0 Å². The van der Waals surface area contributed by atoms with Crippen LogP contribution < -0.4 is 10.2 Å². The second kappa shape index (κ2) is 6.44. The van der Waals surface area contributed by atoms with Gasteiger partial charge in [0, 0.05) is 36.8 Å². The van der Waals surface area contributed by atoms with Crippen molar-refractivity contribution in [1.29, 1.82) is 0 Å². The van der Waals surface area contributed by atoms with Crippen molar-refractivity contribution in [2.75, 3.05) is 23.3 Å². The minimum absolute atomic E-state index is 0.243. The van der Waals surface area contributed by atoms with E-state index in [1.54, 1.807) is 24.0 Å². The van der Waals surface area contributed by atoms with Gasteiger partial charge in [-0.05, 0) is 30.7 Å². The molecule has 0 amide bonds. The molecular formula is C18H20N6OS. The molecule has 5 rings (SSSR count). The van der Waals surface area contributed by atoms with Crippen molar-refractivity contribution in [3.63, 3.8) is 0 Å². The van der Waals surface area contributed by atoms with E-state index in [2.05, 4.69) is 42.3 Å². The van der Waals surface area contributed by atoms with E-state index >= 15 is 0 Å². The number of nitrogens with zero attached hydrogens (tertiary/aromatic N) is 5. The van der Waals surface area contributed by atoms with Gasteiger partial charge in [-0.15, -0.1) is 11.3 Å². The number of rotatable bonds is 4. The average Bonchev–Trinajstić information content (AvgIpc) is 3.27. The highest BCUT2D eigenvalue weighted by molar-refractivity contribution is 7.16. The van der Waals surface area contributed by atoms with Crippen molar-refractivity contribution < 1.29 is 5.11 Å². The summed E-state index contributed by atoms with van der Waals surface area (Å²) in [5.74, 6) is 2.30. The molecule has 0 aromatic carbocycles. The number of fused-ring (bicyclic) bond motifs is 1. The number of aliphatic hydroxyl groups excluding tert-OH is 1. The molecule has 1 saturated heterocycles. The third kappa shape index (κ3) is 2.89. The molecule has 3 aromatic rings. The van der Waals surface area contributed by atoms with Gasteiger partial charge in [0.2, 0.25) is 0 Å². The first-order valence-corrected chi connectivity index (χ1v) is 9.84. The molecule has 4 heterocycles. The first-order chi connectivity index (χ1) is 12.8. The number of β-amino-alcohol motifs (C(OH)–C–C–N with tert-alkyl or cyclic N) is 1. The highest BCUT2D eigenvalue weighted by atomic mass is 32.1. The Morgan fingerprint density at radius 1 is 1.15 bits per heavy atom. The monoisotopic (exact) mass is 368 g/mol.